The maximum absolute atomic E-state index is 13.8. The third-order valence-electron chi connectivity index (χ3n) is 4.70. The van der Waals surface area contributed by atoms with Gasteiger partial charge in [-0.1, -0.05) is 12.1 Å². The van der Waals surface area contributed by atoms with Gasteiger partial charge in [0.2, 0.25) is 0 Å². The molecule has 4 aromatic rings. The molecule has 0 atom stereocenters. The van der Waals surface area contributed by atoms with Crippen molar-refractivity contribution in [2.45, 2.75) is 0 Å². The largest absolute Gasteiger partial charge is 0.460 e. The summed E-state index contributed by atoms with van der Waals surface area (Å²) in [5, 5.41) is 7.06. The lowest BCUT2D eigenvalue weighted by Gasteiger charge is -2.09. The van der Waals surface area contributed by atoms with Crippen LogP contribution in [0.5, 0.6) is 6.01 Å². The number of amides is 1. The predicted molar refractivity (Wildman–Crippen MR) is 118 cm³/mol. The van der Waals surface area contributed by atoms with Crippen LogP contribution in [0.25, 0.3) is 17.1 Å². The Morgan fingerprint density at radius 3 is 2.39 bits per heavy atom. The molecule has 0 aliphatic carbocycles. The molecule has 9 heteroatoms. The second-order valence-electron chi connectivity index (χ2n) is 6.96. The van der Waals surface area contributed by atoms with Crippen LogP contribution in [0.3, 0.4) is 0 Å². The van der Waals surface area contributed by atoms with Crippen molar-refractivity contribution in [3.8, 4) is 23.1 Å². The number of hydrogen-bond donors (Lipinski definition) is 1. The van der Waals surface area contributed by atoms with E-state index in [1.54, 1.807) is 54.3 Å². The molecule has 0 bridgehead atoms. The van der Waals surface area contributed by atoms with Gasteiger partial charge in [-0.25, -0.2) is 13.5 Å². The van der Waals surface area contributed by atoms with Gasteiger partial charge in [-0.05, 0) is 60.7 Å². The van der Waals surface area contributed by atoms with E-state index in [1.165, 1.54) is 30.3 Å². The minimum absolute atomic E-state index is 0.0469. The predicted octanol–water partition coefficient (Wildman–Crippen LogP) is 4.49. The highest BCUT2D eigenvalue weighted by Crippen LogP contribution is 2.25. The molecule has 7 nitrogen and oxygen atoms in total. The summed E-state index contributed by atoms with van der Waals surface area (Å²) in [7, 11) is 1.56. The number of benzene rings is 3. The molecule has 168 valence electrons. The topological polar surface area (TPSA) is 78.3 Å². The van der Waals surface area contributed by atoms with Gasteiger partial charge in [-0.3, -0.25) is 4.79 Å². The number of nitrogens with one attached hydrogen (secondary N) is 1. The standard InChI is InChI=1S/C24H20F2N4O3/c1-32-14-15-33-24-28-22(16-6-8-17(25)9-7-16)30(29-24)19-12-10-18(11-13-19)27-23(31)20-4-2-3-5-21(20)26/h2-13H,14-15H2,1H3,(H,27,31). The van der Waals surface area contributed by atoms with Crippen LogP contribution in [0.4, 0.5) is 14.5 Å². The third kappa shape index (κ3) is 5.21. The van der Waals surface area contributed by atoms with Crippen LogP contribution < -0.4 is 10.1 Å². The fourth-order valence-corrected chi connectivity index (χ4v) is 3.07. The molecule has 0 saturated carbocycles. The molecule has 1 amide bonds. The number of ether oxygens (including phenoxy) is 2. The maximum atomic E-state index is 13.8. The quantitative estimate of drug-likeness (QED) is 0.400. The maximum Gasteiger partial charge on any atom is 0.336 e. The van der Waals surface area contributed by atoms with Crippen molar-refractivity contribution in [1.82, 2.24) is 14.8 Å². The van der Waals surface area contributed by atoms with Crippen molar-refractivity contribution >= 4 is 11.6 Å². The number of hydrogen-bond acceptors (Lipinski definition) is 5. The Balaban J connectivity index is 1.60. The Morgan fingerprint density at radius 1 is 0.970 bits per heavy atom. The number of halogens is 2. The number of aromatic nitrogens is 3. The van der Waals surface area contributed by atoms with Crippen LogP contribution in [-0.4, -0.2) is 41.0 Å². The number of methoxy groups -OCH3 is 1. The molecule has 33 heavy (non-hydrogen) atoms. The average Bonchev–Trinajstić information content (AvgIpc) is 3.24. The molecular formula is C24H20F2N4O3. The van der Waals surface area contributed by atoms with E-state index in [4.69, 9.17) is 9.47 Å². The summed E-state index contributed by atoms with van der Waals surface area (Å²) in [6.45, 7) is 0.640. The van der Waals surface area contributed by atoms with Gasteiger partial charge in [0.1, 0.15) is 18.2 Å². The zero-order chi connectivity index (χ0) is 23.2. The molecule has 3 aromatic carbocycles. The minimum atomic E-state index is -0.598. The molecule has 0 radical (unpaired) electrons. The molecule has 0 unspecified atom stereocenters. The van der Waals surface area contributed by atoms with E-state index >= 15 is 0 Å². The van der Waals surface area contributed by atoms with Gasteiger partial charge in [0, 0.05) is 18.4 Å². The number of rotatable bonds is 8. The number of carbonyl (C=O) groups excluding carboxylic acids is 1. The van der Waals surface area contributed by atoms with E-state index < -0.39 is 11.7 Å². The molecule has 1 N–H and O–H groups in total. The van der Waals surface area contributed by atoms with Crippen molar-refractivity contribution in [2.75, 3.05) is 25.6 Å². The summed E-state index contributed by atoms with van der Waals surface area (Å²) >= 11 is 0. The molecule has 4 rings (SSSR count). The summed E-state index contributed by atoms with van der Waals surface area (Å²) in [4.78, 5) is 16.8. The second kappa shape index (κ2) is 10.0. The van der Waals surface area contributed by atoms with Crippen LogP contribution in [-0.2, 0) is 4.74 Å². The normalized spacial score (nSPS) is 10.8. The van der Waals surface area contributed by atoms with Gasteiger partial charge >= 0.3 is 6.01 Å². The van der Waals surface area contributed by atoms with Gasteiger partial charge in [0.15, 0.2) is 5.82 Å². The Labute approximate surface area is 188 Å². The Hall–Kier alpha value is -4.11. The van der Waals surface area contributed by atoms with Crippen molar-refractivity contribution in [2.24, 2.45) is 0 Å². The fourth-order valence-electron chi connectivity index (χ4n) is 3.07. The zero-order valence-electron chi connectivity index (χ0n) is 17.7. The van der Waals surface area contributed by atoms with E-state index in [2.05, 4.69) is 15.4 Å². The Morgan fingerprint density at radius 2 is 1.70 bits per heavy atom. The van der Waals surface area contributed by atoms with Crippen molar-refractivity contribution in [3.05, 3.63) is 90.0 Å². The van der Waals surface area contributed by atoms with Crippen molar-refractivity contribution in [3.63, 3.8) is 0 Å². The lowest BCUT2D eigenvalue weighted by molar-refractivity contribution is 0.102. The summed E-state index contributed by atoms with van der Waals surface area (Å²) in [6.07, 6.45) is 0. The van der Waals surface area contributed by atoms with E-state index in [-0.39, 0.29) is 24.0 Å². The van der Waals surface area contributed by atoms with Crippen LogP contribution in [0.1, 0.15) is 10.4 Å². The summed E-state index contributed by atoms with van der Waals surface area (Å²) in [6, 6.07) is 18.5. The highest BCUT2D eigenvalue weighted by atomic mass is 19.1. The van der Waals surface area contributed by atoms with Gasteiger partial charge in [0.05, 0.1) is 17.9 Å². The number of anilines is 1. The molecule has 0 aliphatic rings. The SMILES string of the molecule is COCCOc1nc(-c2ccc(F)cc2)n(-c2ccc(NC(=O)c3ccccc3F)cc2)n1. The van der Waals surface area contributed by atoms with Crippen molar-refractivity contribution < 1.29 is 23.0 Å². The van der Waals surface area contributed by atoms with Gasteiger partial charge < -0.3 is 14.8 Å². The smallest absolute Gasteiger partial charge is 0.336 e. The van der Waals surface area contributed by atoms with Gasteiger partial charge in [0.25, 0.3) is 5.91 Å². The van der Waals surface area contributed by atoms with Crippen LogP contribution >= 0.6 is 0 Å². The first-order valence-electron chi connectivity index (χ1n) is 10.1. The monoisotopic (exact) mass is 450 g/mol. The Kier molecular flexibility index (Phi) is 6.70. The highest BCUT2D eigenvalue weighted by molar-refractivity contribution is 6.04. The highest BCUT2D eigenvalue weighted by Gasteiger charge is 2.16. The molecule has 1 heterocycles. The molecular weight excluding hydrogens is 430 g/mol. The lowest BCUT2D eigenvalue weighted by Crippen LogP contribution is -2.13. The summed E-state index contributed by atoms with van der Waals surface area (Å²) in [5.41, 5.74) is 1.70. The first-order valence-corrected chi connectivity index (χ1v) is 10.1. The minimum Gasteiger partial charge on any atom is -0.460 e. The molecule has 0 saturated heterocycles. The molecule has 0 spiro atoms. The lowest BCUT2D eigenvalue weighted by atomic mass is 10.2. The first-order chi connectivity index (χ1) is 16.0. The van der Waals surface area contributed by atoms with Crippen LogP contribution in [0, 0.1) is 11.6 Å². The average molecular weight is 450 g/mol. The fraction of sp³-hybridized carbons (Fsp3) is 0.125. The van der Waals surface area contributed by atoms with E-state index in [0.717, 1.165) is 0 Å². The molecule has 0 fully saturated rings. The Bertz CT molecular complexity index is 1240. The van der Waals surface area contributed by atoms with Crippen LogP contribution in [0.15, 0.2) is 72.8 Å². The zero-order valence-corrected chi connectivity index (χ0v) is 17.7. The second-order valence-corrected chi connectivity index (χ2v) is 6.96. The van der Waals surface area contributed by atoms with E-state index in [0.29, 0.717) is 29.4 Å². The first kappa shape index (κ1) is 22.1. The van der Waals surface area contributed by atoms with E-state index in [1.807, 2.05) is 0 Å². The molecule has 0 aliphatic heterocycles. The van der Waals surface area contributed by atoms with E-state index in [9.17, 15) is 13.6 Å². The number of carbonyl (C=O) groups is 1. The summed E-state index contributed by atoms with van der Waals surface area (Å²) in [5.74, 6) is -1.07. The number of nitrogens with zero attached hydrogens (tertiary/aromatic N) is 3. The van der Waals surface area contributed by atoms with Crippen molar-refractivity contribution in [1.29, 1.82) is 0 Å². The third-order valence-corrected chi connectivity index (χ3v) is 4.70. The van der Waals surface area contributed by atoms with Gasteiger partial charge in [-0.15, -0.1) is 5.10 Å². The van der Waals surface area contributed by atoms with Crippen LogP contribution in [0.2, 0.25) is 0 Å². The summed E-state index contributed by atoms with van der Waals surface area (Å²) < 4.78 is 39.3. The molecule has 1 aromatic heterocycles. The van der Waals surface area contributed by atoms with Gasteiger partial charge in [-0.2, -0.15) is 4.98 Å².